The number of carboxylic acid groups (broad SMARTS) is 1. The Hall–Kier alpha value is -2.68. The van der Waals surface area contributed by atoms with Crippen molar-refractivity contribution in [1.82, 2.24) is 9.88 Å². The number of pyridine rings is 1. The molecular weight excluding hydrogens is 396 g/mol. The Balaban J connectivity index is 1.60. The third-order valence-electron chi connectivity index (χ3n) is 6.29. The van der Waals surface area contributed by atoms with Crippen LogP contribution in [0, 0.1) is 11.7 Å². The Labute approximate surface area is 171 Å². The van der Waals surface area contributed by atoms with E-state index >= 15 is 4.39 Å². The van der Waals surface area contributed by atoms with Gasteiger partial charge in [0.2, 0.25) is 5.43 Å². The molecule has 1 saturated carbocycles. The van der Waals surface area contributed by atoms with E-state index in [0.29, 0.717) is 25.0 Å². The van der Waals surface area contributed by atoms with Crippen LogP contribution in [0.5, 0.6) is 5.75 Å². The first-order valence-electron chi connectivity index (χ1n) is 10.3. The quantitative estimate of drug-likeness (QED) is 0.748. The first kappa shape index (κ1) is 19.3. The number of rotatable bonds is 6. The van der Waals surface area contributed by atoms with Gasteiger partial charge in [-0.05, 0) is 37.8 Å². The summed E-state index contributed by atoms with van der Waals surface area (Å²) in [5, 5.41) is 12.8. The van der Waals surface area contributed by atoms with Crippen LogP contribution in [-0.2, 0) is 0 Å². The number of alkyl halides is 1. The summed E-state index contributed by atoms with van der Waals surface area (Å²) in [5.41, 5.74) is -0.773. The second-order valence-corrected chi connectivity index (χ2v) is 8.42. The largest absolute Gasteiger partial charge is 0.487 e. The third kappa shape index (κ3) is 3.12. The summed E-state index contributed by atoms with van der Waals surface area (Å²) in [7, 11) is 0. The minimum absolute atomic E-state index is 0.0580. The van der Waals surface area contributed by atoms with Gasteiger partial charge in [-0.25, -0.2) is 13.6 Å². The maximum absolute atomic E-state index is 15.2. The van der Waals surface area contributed by atoms with Gasteiger partial charge in [-0.3, -0.25) is 4.79 Å². The smallest absolute Gasteiger partial charge is 0.341 e. The minimum Gasteiger partial charge on any atom is -0.487 e. The lowest BCUT2D eigenvalue weighted by molar-refractivity contribution is 0.0694. The molecule has 5 rings (SSSR count). The van der Waals surface area contributed by atoms with E-state index < -0.39 is 35.5 Å². The van der Waals surface area contributed by atoms with Crippen LogP contribution in [0.25, 0.3) is 10.9 Å². The summed E-state index contributed by atoms with van der Waals surface area (Å²) < 4.78 is 36.0. The Morgan fingerprint density at radius 2 is 2.13 bits per heavy atom. The summed E-state index contributed by atoms with van der Waals surface area (Å²) in [6.07, 6.45) is 4.48. The van der Waals surface area contributed by atoms with Crippen LogP contribution in [-0.4, -0.2) is 54.6 Å². The Kier molecular flexibility index (Phi) is 4.65. The molecule has 1 saturated heterocycles. The fourth-order valence-electron chi connectivity index (χ4n) is 4.52. The van der Waals surface area contributed by atoms with Gasteiger partial charge in [-0.15, -0.1) is 0 Å². The highest BCUT2D eigenvalue weighted by Gasteiger charge is 2.34. The van der Waals surface area contributed by atoms with Crippen LogP contribution < -0.4 is 20.4 Å². The standard InChI is InChI=1S/C21H23F2N3O4/c22-6-13-10-30-20-17-14(19(27)15(21(28)29)9-26(13)17)5-16(23)18(20)25-4-3-11(8-25)7-24-12-1-2-12/h5,9,11-13,24H,1-4,6-8,10H2,(H,28,29)/t11-,13?/m1/s1. The van der Waals surface area contributed by atoms with E-state index in [-0.39, 0.29) is 28.9 Å². The molecule has 1 aromatic carbocycles. The molecule has 2 aromatic rings. The molecular formula is C21H23F2N3O4. The first-order chi connectivity index (χ1) is 14.5. The van der Waals surface area contributed by atoms with E-state index in [1.54, 1.807) is 0 Å². The molecule has 3 heterocycles. The van der Waals surface area contributed by atoms with Crippen LogP contribution in [0.2, 0.25) is 0 Å². The van der Waals surface area contributed by atoms with Crippen molar-refractivity contribution < 1.29 is 23.4 Å². The Bertz CT molecular complexity index is 1080. The van der Waals surface area contributed by atoms with Gasteiger partial charge in [0.15, 0.2) is 11.6 Å². The number of carboxylic acids is 1. The number of aromatic carboxylic acids is 1. The summed E-state index contributed by atoms with van der Waals surface area (Å²) in [5.74, 6) is -1.48. The highest BCUT2D eigenvalue weighted by Crippen LogP contribution is 2.43. The highest BCUT2D eigenvalue weighted by molar-refractivity contribution is 5.97. The van der Waals surface area contributed by atoms with Crippen LogP contribution in [0.1, 0.15) is 35.7 Å². The summed E-state index contributed by atoms with van der Waals surface area (Å²) in [6, 6.07) is 0.904. The van der Waals surface area contributed by atoms with Crippen molar-refractivity contribution in [2.75, 3.05) is 37.8 Å². The molecule has 0 amide bonds. The van der Waals surface area contributed by atoms with Crippen molar-refractivity contribution in [3.05, 3.63) is 33.9 Å². The van der Waals surface area contributed by atoms with Gasteiger partial charge in [0, 0.05) is 25.3 Å². The molecule has 0 spiro atoms. The van der Waals surface area contributed by atoms with Crippen molar-refractivity contribution in [1.29, 1.82) is 0 Å². The molecule has 2 aliphatic heterocycles. The summed E-state index contributed by atoms with van der Waals surface area (Å²) in [4.78, 5) is 26.1. The molecule has 7 nitrogen and oxygen atoms in total. The van der Waals surface area contributed by atoms with Gasteiger partial charge in [-0.1, -0.05) is 0 Å². The Morgan fingerprint density at radius 1 is 1.33 bits per heavy atom. The molecule has 2 atom stereocenters. The molecule has 1 unspecified atom stereocenters. The topological polar surface area (TPSA) is 83.8 Å². The zero-order valence-corrected chi connectivity index (χ0v) is 16.4. The fraction of sp³-hybridized carbons (Fsp3) is 0.524. The maximum Gasteiger partial charge on any atom is 0.341 e. The molecule has 30 heavy (non-hydrogen) atoms. The predicted octanol–water partition coefficient (Wildman–Crippen LogP) is 2.32. The average Bonchev–Trinajstić information content (AvgIpc) is 3.45. The number of hydrogen-bond donors (Lipinski definition) is 2. The van der Waals surface area contributed by atoms with Crippen molar-refractivity contribution in [3.63, 3.8) is 0 Å². The van der Waals surface area contributed by atoms with E-state index in [9.17, 15) is 19.1 Å². The van der Waals surface area contributed by atoms with Gasteiger partial charge in [0.25, 0.3) is 0 Å². The predicted molar refractivity (Wildman–Crippen MR) is 107 cm³/mol. The van der Waals surface area contributed by atoms with Crippen molar-refractivity contribution >= 4 is 22.6 Å². The zero-order valence-electron chi connectivity index (χ0n) is 16.4. The number of hydrogen-bond acceptors (Lipinski definition) is 5. The molecule has 160 valence electrons. The molecule has 0 bridgehead atoms. The SMILES string of the molecule is O=C(O)c1cn2c3c(c(N4CC[C@H](CNC5CC5)C4)c(F)cc3c1=O)OCC2CF. The van der Waals surface area contributed by atoms with Crippen LogP contribution >= 0.6 is 0 Å². The van der Waals surface area contributed by atoms with Gasteiger partial charge in [0.1, 0.15) is 24.5 Å². The number of nitrogens with one attached hydrogen (secondary N) is 1. The summed E-state index contributed by atoms with van der Waals surface area (Å²) >= 11 is 0. The lowest BCUT2D eigenvalue weighted by Gasteiger charge is -2.31. The Morgan fingerprint density at radius 3 is 2.83 bits per heavy atom. The number of carbonyl (C=O) groups is 1. The number of aromatic nitrogens is 1. The number of nitrogens with zero attached hydrogens (tertiary/aromatic N) is 2. The number of anilines is 1. The average molecular weight is 419 g/mol. The minimum atomic E-state index is -1.42. The van der Waals surface area contributed by atoms with E-state index in [0.717, 1.165) is 25.2 Å². The number of ether oxygens (including phenoxy) is 1. The molecule has 1 aromatic heterocycles. The lowest BCUT2D eigenvalue weighted by atomic mass is 10.1. The third-order valence-corrected chi connectivity index (χ3v) is 6.29. The second kappa shape index (κ2) is 7.23. The summed E-state index contributed by atoms with van der Waals surface area (Å²) in [6.45, 7) is 1.34. The zero-order chi connectivity index (χ0) is 21.0. The van der Waals surface area contributed by atoms with Crippen molar-refractivity contribution in [2.24, 2.45) is 5.92 Å². The normalized spacial score (nSPS) is 23.1. The monoisotopic (exact) mass is 419 g/mol. The fourth-order valence-corrected chi connectivity index (χ4v) is 4.52. The van der Waals surface area contributed by atoms with Gasteiger partial charge < -0.3 is 24.6 Å². The number of halogens is 2. The van der Waals surface area contributed by atoms with E-state index in [2.05, 4.69) is 5.32 Å². The first-order valence-corrected chi connectivity index (χ1v) is 10.3. The van der Waals surface area contributed by atoms with Gasteiger partial charge in [-0.2, -0.15) is 0 Å². The molecule has 2 fully saturated rings. The maximum atomic E-state index is 15.2. The van der Waals surface area contributed by atoms with Gasteiger partial charge in [0.05, 0.1) is 16.9 Å². The van der Waals surface area contributed by atoms with Gasteiger partial charge >= 0.3 is 5.97 Å². The lowest BCUT2D eigenvalue weighted by Crippen LogP contribution is -2.31. The van der Waals surface area contributed by atoms with Crippen molar-refractivity contribution in [3.8, 4) is 5.75 Å². The number of benzene rings is 1. The van der Waals surface area contributed by atoms with Crippen LogP contribution in [0.15, 0.2) is 17.1 Å². The van der Waals surface area contributed by atoms with Crippen molar-refractivity contribution in [2.45, 2.75) is 31.3 Å². The van der Waals surface area contributed by atoms with E-state index in [4.69, 9.17) is 4.74 Å². The molecule has 9 heteroatoms. The highest BCUT2D eigenvalue weighted by atomic mass is 19.1. The van der Waals surface area contributed by atoms with E-state index in [1.165, 1.54) is 17.4 Å². The molecule has 0 radical (unpaired) electrons. The second-order valence-electron chi connectivity index (χ2n) is 8.42. The van der Waals surface area contributed by atoms with Crippen LogP contribution in [0.4, 0.5) is 14.5 Å². The molecule has 2 N–H and O–H groups in total. The van der Waals surface area contributed by atoms with Crippen LogP contribution in [0.3, 0.4) is 0 Å². The van der Waals surface area contributed by atoms with E-state index in [1.807, 2.05) is 4.90 Å². The molecule has 1 aliphatic carbocycles. The molecule has 3 aliphatic rings.